The molecule has 13 rings (SSSR count). The van der Waals surface area contributed by atoms with Crippen molar-refractivity contribution in [2.45, 2.75) is 128 Å². The lowest BCUT2D eigenvalue weighted by Crippen LogP contribution is -2.28. The fourth-order valence-electron chi connectivity index (χ4n) is 13.0. The third-order valence-electron chi connectivity index (χ3n) is 19.2. The average molecular weight is 1540 g/mol. The minimum atomic E-state index is -4.12. The van der Waals surface area contributed by atoms with Gasteiger partial charge in [-0.05, 0) is 163 Å². The molecule has 107 heavy (non-hydrogen) atoms. The van der Waals surface area contributed by atoms with Gasteiger partial charge in [-0.2, -0.15) is 10.2 Å². The predicted octanol–water partition coefficient (Wildman–Crippen LogP) is 16.4. The van der Waals surface area contributed by atoms with Crippen LogP contribution in [0.2, 0.25) is 0 Å². The number of carboxylic acids is 1. The van der Waals surface area contributed by atoms with Gasteiger partial charge in [0.2, 0.25) is 0 Å². The van der Waals surface area contributed by atoms with E-state index in [1.54, 1.807) is 56.3 Å². The zero-order chi connectivity index (χ0) is 76.5. The largest absolute Gasteiger partial charge is 0.481 e. The number of aliphatic carboxylic acids is 1. The van der Waals surface area contributed by atoms with Gasteiger partial charge in [-0.1, -0.05) is 88.6 Å². The van der Waals surface area contributed by atoms with E-state index in [0.29, 0.717) is 73.7 Å². The van der Waals surface area contributed by atoms with Gasteiger partial charge in [0.15, 0.2) is 46.4 Å². The van der Waals surface area contributed by atoms with E-state index in [0.717, 1.165) is 36.6 Å². The van der Waals surface area contributed by atoms with Crippen LogP contribution in [0.3, 0.4) is 0 Å². The van der Waals surface area contributed by atoms with Crippen LogP contribution < -0.4 is 9.47 Å². The number of aromatic amines is 1. The molecule has 7 aromatic carbocycles. The van der Waals surface area contributed by atoms with Gasteiger partial charge >= 0.3 is 11.9 Å². The molecule has 0 saturated heterocycles. The molecule has 0 saturated carbocycles. The molecule has 0 spiro atoms. The number of benzene rings is 7. The van der Waals surface area contributed by atoms with Crippen molar-refractivity contribution in [2.24, 2.45) is 20.0 Å². The second kappa shape index (κ2) is 30.6. The van der Waals surface area contributed by atoms with Crippen LogP contribution in [0.4, 0.5) is 17.6 Å². The minimum absolute atomic E-state index is 0.000572. The molecule has 3 unspecified atom stereocenters. The first-order chi connectivity index (χ1) is 50.9. The number of fused-ring (bicyclic) bond motifs is 11. The van der Waals surface area contributed by atoms with Gasteiger partial charge in [0.1, 0.15) is 46.6 Å². The van der Waals surface area contributed by atoms with E-state index in [1.807, 2.05) is 96.1 Å². The van der Waals surface area contributed by atoms with Crippen LogP contribution in [-0.4, -0.2) is 97.8 Å². The maximum atomic E-state index is 16.1. The second-order valence-corrected chi connectivity index (χ2v) is 30.6. The Labute approximate surface area is 624 Å². The van der Waals surface area contributed by atoms with Crippen molar-refractivity contribution in [1.29, 1.82) is 0 Å². The van der Waals surface area contributed by atoms with E-state index < -0.39 is 79.8 Å². The Balaban J connectivity index is 0.000000201. The van der Waals surface area contributed by atoms with Crippen molar-refractivity contribution in [3.63, 3.8) is 0 Å². The highest BCUT2D eigenvalue weighted by Gasteiger charge is 2.38. The maximum Gasteiger partial charge on any atom is 0.306 e. The number of ether oxygens (including phenoxy) is 5. The summed E-state index contributed by atoms with van der Waals surface area (Å²) < 4.78 is 127. The number of halogens is 5. The highest BCUT2D eigenvalue weighted by molar-refractivity contribution is 9.10. The molecule has 6 heterocycles. The van der Waals surface area contributed by atoms with Crippen molar-refractivity contribution >= 4 is 59.7 Å². The lowest BCUT2D eigenvalue weighted by Gasteiger charge is -2.29. The predicted molar refractivity (Wildman–Crippen MR) is 397 cm³/mol. The van der Waals surface area contributed by atoms with Gasteiger partial charge in [0.25, 0.3) is 10.0 Å². The molecule has 1 aliphatic rings. The monoisotopic (exact) mass is 1540 g/mol. The van der Waals surface area contributed by atoms with E-state index in [2.05, 4.69) is 37.1 Å². The number of H-pyrrole nitrogens is 1. The zero-order valence-electron chi connectivity index (χ0n) is 60.4. The van der Waals surface area contributed by atoms with Crippen LogP contribution in [-0.2, 0) is 83.9 Å². The number of nitrogens with zero attached hydrogens (tertiary/aromatic N) is 10. The summed E-state index contributed by atoms with van der Waals surface area (Å²) in [5, 5.41) is 28.9. The van der Waals surface area contributed by atoms with Crippen LogP contribution in [0.15, 0.2) is 167 Å². The number of hydrogen-bond acceptors (Lipinski definition) is 15. The van der Waals surface area contributed by atoms with Crippen molar-refractivity contribution in [3.8, 4) is 58.1 Å². The quantitative estimate of drug-likeness (QED) is 0.0351. The lowest BCUT2D eigenvalue weighted by molar-refractivity contribution is -0.142. The van der Waals surface area contributed by atoms with Gasteiger partial charge in [-0.15, -0.1) is 11.5 Å². The van der Waals surface area contributed by atoms with Crippen LogP contribution in [0, 0.1) is 41.5 Å². The Morgan fingerprint density at radius 2 is 1.56 bits per heavy atom. The molecule has 3 atom stereocenters. The fourth-order valence-corrected chi connectivity index (χ4v) is 14.8. The topological polar surface area (TPSA) is 248 Å². The van der Waals surface area contributed by atoms with E-state index in [4.69, 9.17) is 50.3 Å². The highest BCUT2D eigenvalue weighted by atomic mass is 79.9. The molecule has 0 amide bonds. The summed E-state index contributed by atoms with van der Waals surface area (Å²) in [6.07, 6.45) is 13.1. The summed E-state index contributed by atoms with van der Waals surface area (Å²) in [6, 6.07) is 37.1. The first kappa shape index (κ1) is 75.9. The molecule has 6 bridgehead atoms. The molecule has 21 nitrogen and oxygen atoms in total. The fraction of sp³-hybridized carbons (Fsp3) is 0.300. The maximum absolute atomic E-state index is 16.1. The van der Waals surface area contributed by atoms with E-state index in [-0.39, 0.29) is 73.7 Å². The summed E-state index contributed by atoms with van der Waals surface area (Å²) in [5.41, 5.74) is 1.62. The summed E-state index contributed by atoms with van der Waals surface area (Å²) in [5.74, 6) is -0.923. The SMILES string of the molecule is C#CC(C)(C)OCCCC(C)(c1cccc(Br)c1)c1nc(-c2cc(Oc3c(F)cc4c(ccn4S(=O)(=O)c4ccccc4)c3COC(C)=O)ccc2F)n(C)n1.CC(Cc1cccc(C2(C)CCCOC(C)(C)c3cn(nn3)Cc3c(c(F)cc4[nH]ccc34)Oc3ccc(F)c(c3)-c3nc2nn3C)c1)C(=O)O. The Hall–Kier alpha value is -10.8. The molecule has 12 aromatic rings. The number of carboxylic acid groups (broad SMARTS) is 1. The molecule has 5 aromatic heterocycles. The molecule has 554 valence electrons. The molecular weight excluding hydrogens is 1460 g/mol. The van der Waals surface area contributed by atoms with E-state index in [1.165, 1.54) is 83.1 Å². The Bertz CT molecular complexity index is 5510. The number of rotatable bonds is 18. The number of carbonyl (C=O) groups excluding carboxylic acids is 1. The van der Waals surface area contributed by atoms with Gasteiger partial charge in [0.05, 0.1) is 51.0 Å². The number of nitrogens with one attached hydrogen (secondary N) is 1. The van der Waals surface area contributed by atoms with Gasteiger partial charge in [-0.25, -0.2) is 54.0 Å². The van der Waals surface area contributed by atoms with Gasteiger partial charge in [-0.3, -0.25) is 9.59 Å². The summed E-state index contributed by atoms with van der Waals surface area (Å²) in [4.78, 5) is 36.4. The second-order valence-electron chi connectivity index (χ2n) is 27.9. The van der Waals surface area contributed by atoms with Gasteiger partial charge < -0.3 is 33.8 Å². The number of esters is 1. The first-order valence-corrected chi connectivity index (χ1v) is 36.7. The van der Waals surface area contributed by atoms with Crippen molar-refractivity contribution in [2.75, 3.05) is 13.2 Å². The first-order valence-electron chi connectivity index (χ1n) is 34.4. The molecule has 2 N–H and O–H groups in total. The van der Waals surface area contributed by atoms with Crippen LogP contribution in [0.1, 0.15) is 126 Å². The van der Waals surface area contributed by atoms with E-state index in [9.17, 15) is 23.1 Å². The molecule has 27 heteroatoms. The number of aromatic nitrogens is 11. The van der Waals surface area contributed by atoms with Crippen molar-refractivity contribution in [3.05, 3.63) is 231 Å². The van der Waals surface area contributed by atoms with Gasteiger partial charge in [0, 0.05) is 90.6 Å². The Morgan fingerprint density at radius 1 is 0.832 bits per heavy atom. The highest BCUT2D eigenvalue weighted by Crippen LogP contribution is 2.44. The number of carbonyl (C=O) groups is 2. The third-order valence-corrected chi connectivity index (χ3v) is 21.4. The summed E-state index contributed by atoms with van der Waals surface area (Å²) in [6.45, 7) is 14.9. The summed E-state index contributed by atoms with van der Waals surface area (Å²) in [7, 11) is -0.768. The zero-order valence-corrected chi connectivity index (χ0v) is 62.8. The summed E-state index contributed by atoms with van der Waals surface area (Å²) >= 11 is 3.57. The van der Waals surface area contributed by atoms with Crippen LogP contribution in [0.25, 0.3) is 44.6 Å². The smallest absolute Gasteiger partial charge is 0.306 e. The standard InChI is InChI=1S/C42H39BrF2N4O6S.C38H39F2N7O4/c1-7-41(3,4)54-22-12-20-42(5,28-13-11-14-29(43)23-28)40-46-39(48(6)47-40)33-24-30(17-18-35(33)44)55-38-34(26-53-27(2)50)32-19-21-49(37(32)25-36(38)45)56(51,52)31-15-9-8-10-16-31;1-22(35(48)49)16-23-8-6-9-24(17-23)38(4)13-7-15-50-37(2,3)32-21-47(45-43-32)20-28-26-12-14-41-31(26)19-30(40)33(28)51-25-10-11-29(39)27(18-25)34-42-36(38)44-46(34)5/h1,8-11,13-19,21,23-25H,12,20,22,26H2,2-6H3;6,8-12,14,17-19,21-22,41H,7,13,15-16,20H2,1-5H3,(H,48,49). The molecular formula is C80H78BrF4N11O10S. The third kappa shape index (κ3) is 16.0. The number of hydrogen-bond donors (Lipinski definition) is 2. The molecule has 1 aliphatic heterocycles. The molecule has 0 aliphatic carbocycles. The van der Waals surface area contributed by atoms with Crippen molar-refractivity contribution in [1.82, 2.24) is 53.5 Å². The Kier molecular flexibility index (Phi) is 21.7. The van der Waals surface area contributed by atoms with Crippen molar-refractivity contribution < 1.29 is 64.4 Å². The van der Waals surface area contributed by atoms with Crippen LogP contribution >= 0.6 is 15.9 Å². The normalized spacial score (nSPS) is 15.5. The molecule has 0 fully saturated rings. The van der Waals surface area contributed by atoms with Crippen LogP contribution in [0.5, 0.6) is 23.0 Å². The number of aryl methyl sites for hydroxylation is 2. The number of terminal acetylenes is 1. The Morgan fingerprint density at radius 3 is 2.30 bits per heavy atom. The average Bonchev–Trinajstić information content (AvgIpc) is 1.61. The van der Waals surface area contributed by atoms with E-state index >= 15 is 17.6 Å². The molecule has 0 radical (unpaired) electrons. The minimum Gasteiger partial charge on any atom is -0.481 e. The lowest BCUT2D eigenvalue weighted by atomic mass is 9.77.